The maximum Gasteiger partial charge on any atom is 0.260 e. The lowest BCUT2D eigenvalue weighted by Crippen LogP contribution is -2.39. The molecule has 21 heavy (non-hydrogen) atoms. The fraction of sp³-hybridized carbons (Fsp3) is 0.462. The number of nitrogens with zero attached hydrogens (tertiary/aromatic N) is 2. The normalized spacial score (nSPS) is 23.0. The van der Waals surface area contributed by atoms with Gasteiger partial charge in [-0.1, -0.05) is 24.1 Å². The van der Waals surface area contributed by atoms with Crippen LogP contribution >= 0.6 is 23.4 Å². The van der Waals surface area contributed by atoms with Gasteiger partial charge in [0.2, 0.25) is 0 Å². The van der Waals surface area contributed by atoms with E-state index >= 15 is 0 Å². The van der Waals surface area contributed by atoms with Gasteiger partial charge in [-0.25, -0.2) is 18.1 Å². The van der Waals surface area contributed by atoms with Crippen LogP contribution in [0.15, 0.2) is 29.4 Å². The van der Waals surface area contributed by atoms with Crippen molar-refractivity contribution in [2.45, 2.75) is 35.6 Å². The summed E-state index contributed by atoms with van der Waals surface area (Å²) in [5, 5.41) is 0.344. The molecule has 2 unspecified atom stereocenters. The molecule has 0 aromatic carbocycles. The Hall–Kier alpha value is -0.760. The van der Waals surface area contributed by atoms with Crippen molar-refractivity contribution in [2.24, 2.45) is 0 Å². The highest BCUT2D eigenvalue weighted by Crippen LogP contribution is 2.30. The van der Waals surface area contributed by atoms with Crippen LogP contribution in [0.3, 0.4) is 0 Å². The third kappa shape index (κ3) is 2.79. The molecule has 1 fully saturated rings. The topological polar surface area (TPSA) is 63.5 Å². The first kappa shape index (κ1) is 15.1. The largest absolute Gasteiger partial charge is 0.288 e. The van der Waals surface area contributed by atoms with Crippen LogP contribution < -0.4 is 4.72 Å². The number of thioether (sulfide) groups is 1. The van der Waals surface area contributed by atoms with Crippen LogP contribution in [-0.2, 0) is 10.0 Å². The summed E-state index contributed by atoms with van der Waals surface area (Å²) in [5.41, 5.74) is 0.524. The van der Waals surface area contributed by atoms with Crippen molar-refractivity contribution >= 4 is 39.0 Å². The molecule has 0 aliphatic heterocycles. The molecule has 0 spiro atoms. The molecule has 2 aromatic rings. The molecule has 2 aromatic heterocycles. The molecule has 3 rings (SSSR count). The summed E-state index contributed by atoms with van der Waals surface area (Å²) < 4.78 is 29.7. The summed E-state index contributed by atoms with van der Waals surface area (Å²) in [4.78, 5) is 4.10. The van der Waals surface area contributed by atoms with Crippen LogP contribution in [0.25, 0.3) is 5.65 Å². The first-order valence-corrected chi connectivity index (χ1v) is 9.85. The number of fused-ring (bicyclic) bond motifs is 1. The summed E-state index contributed by atoms with van der Waals surface area (Å²) >= 11 is 7.76. The zero-order chi connectivity index (χ0) is 15.0. The zero-order valence-electron chi connectivity index (χ0n) is 11.5. The summed E-state index contributed by atoms with van der Waals surface area (Å²) in [7, 11) is -3.70. The van der Waals surface area contributed by atoms with Gasteiger partial charge in [0.15, 0.2) is 10.2 Å². The fourth-order valence-electron chi connectivity index (χ4n) is 2.78. The van der Waals surface area contributed by atoms with Crippen molar-refractivity contribution in [1.82, 2.24) is 14.1 Å². The van der Waals surface area contributed by atoms with Crippen molar-refractivity contribution in [3.63, 3.8) is 0 Å². The Morgan fingerprint density at radius 1 is 1.43 bits per heavy atom. The predicted molar refractivity (Wildman–Crippen MR) is 85.5 cm³/mol. The molecule has 0 bridgehead atoms. The van der Waals surface area contributed by atoms with Gasteiger partial charge in [-0.2, -0.15) is 11.8 Å². The van der Waals surface area contributed by atoms with Crippen LogP contribution in [0, 0.1) is 0 Å². The van der Waals surface area contributed by atoms with Crippen LogP contribution in [0.2, 0.25) is 5.15 Å². The van der Waals surface area contributed by atoms with Gasteiger partial charge in [-0.05, 0) is 31.2 Å². The Labute approximate surface area is 133 Å². The number of sulfonamides is 1. The van der Waals surface area contributed by atoms with E-state index in [-0.39, 0.29) is 16.2 Å². The SMILES string of the molecule is CSC1CCCC1NS(=O)(=O)c1c(Cl)nc2ccccn12. The Balaban J connectivity index is 1.99. The predicted octanol–water partition coefficient (Wildman–Crippen LogP) is 2.55. The molecule has 5 nitrogen and oxygen atoms in total. The summed E-state index contributed by atoms with van der Waals surface area (Å²) in [6.07, 6.45) is 6.61. The Bertz CT molecular complexity index is 760. The van der Waals surface area contributed by atoms with E-state index in [9.17, 15) is 8.42 Å². The van der Waals surface area contributed by atoms with Crippen molar-refractivity contribution in [2.75, 3.05) is 6.26 Å². The van der Waals surface area contributed by atoms with E-state index in [0.717, 1.165) is 19.3 Å². The summed E-state index contributed by atoms with van der Waals surface area (Å²) in [5.74, 6) is 0. The molecule has 114 valence electrons. The van der Waals surface area contributed by atoms with E-state index < -0.39 is 10.0 Å². The maximum atomic E-state index is 12.7. The average molecular weight is 346 g/mol. The van der Waals surface area contributed by atoms with Crippen molar-refractivity contribution in [3.8, 4) is 0 Å². The minimum Gasteiger partial charge on any atom is -0.288 e. The average Bonchev–Trinajstić information content (AvgIpc) is 3.00. The van der Waals surface area contributed by atoms with Crippen molar-refractivity contribution in [1.29, 1.82) is 0 Å². The second-order valence-electron chi connectivity index (χ2n) is 5.07. The van der Waals surface area contributed by atoms with Crippen LogP contribution in [0.5, 0.6) is 0 Å². The van der Waals surface area contributed by atoms with Crippen molar-refractivity contribution in [3.05, 3.63) is 29.5 Å². The van der Waals surface area contributed by atoms with E-state index in [1.54, 1.807) is 36.2 Å². The quantitative estimate of drug-likeness (QED) is 0.925. The van der Waals surface area contributed by atoms with Gasteiger partial charge < -0.3 is 0 Å². The smallest absolute Gasteiger partial charge is 0.260 e. The molecule has 0 radical (unpaired) electrons. The maximum absolute atomic E-state index is 12.7. The summed E-state index contributed by atoms with van der Waals surface area (Å²) in [6, 6.07) is 5.23. The number of rotatable bonds is 4. The van der Waals surface area contributed by atoms with E-state index in [4.69, 9.17) is 11.6 Å². The molecule has 2 heterocycles. The molecule has 1 saturated carbocycles. The molecular formula is C13H16ClN3O2S2. The van der Waals surface area contributed by atoms with Gasteiger partial charge in [0.05, 0.1) is 0 Å². The van der Waals surface area contributed by atoms with Gasteiger partial charge >= 0.3 is 0 Å². The Morgan fingerprint density at radius 3 is 3.00 bits per heavy atom. The lowest BCUT2D eigenvalue weighted by Gasteiger charge is -2.19. The Morgan fingerprint density at radius 2 is 2.24 bits per heavy atom. The van der Waals surface area contributed by atoms with Crippen molar-refractivity contribution < 1.29 is 8.42 Å². The van der Waals surface area contributed by atoms with Gasteiger partial charge in [0.1, 0.15) is 5.65 Å². The number of hydrogen-bond donors (Lipinski definition) is 1. The fourth-order valence-corrected chi connectivity index (χ4v) is 5.76. The number of halogens is 1. The molecule has 1 aliphatic carbocycles. The number of nitrogens with one attached hydrogen (secondary N) is 1. The first-order valence-electron chi connectivity index (χ1n) is 6.70. The molecule has 0 saturated heterocycles. The zero-order valence-corrected chi connectivity index (χ0v) is 13.9. The van der Waals surface area contributed by atoms with Gasteiger partial charge in [0.25, 0.3) is 10.0 Å². The minimum atomic E-state index is -3.70. The lowest BCUT2D eigenvalue weighted by atomic mass is 10.3. The number of pyridine rings is 1. The van der Waals surface area contributed by atoms with E-state index in [1.165, 1.54) is 4.40 Å². The molecule has 2 atom stereocenters. The van der Waals surface area contributed by atoms with E-state index in [2.05, 4.69) is 9.71 Å². The second kappa shape index (κ2) is 5.79. The minimum absolute atomic E-state index is 0.00685. The van der Waals surface area contributed by atoms with Crippen LogP contribution in [-0.4, -0.2) is 35.4 Å². The van der Waals surface area contributed by atoms with Gasteiger partial charge in [-0.15, -0.1) is 0 Å². The highest BCUT2D eigenvalue weighted by molar-refractivity contribution is 7.99. The highest BCUT2D eigenvalue weighted by Gasteiger charge is 2.33. The standard InChI is InChI=1S/C13H16ClN3O2S2/c1-20-10-6-4-5-9(10)16-21(18,19)13-12(14)15-11-7-2-3-8-17(11)13/h2-3,7-10,16H,4-6H2,1H3. The molecule has 1 aliphatic rings. The highest BCUT2D eigenvalue weighted by atomic mass is 35.5. The number of imidazole rings is 1. The first-order chi connectivity index (χ1) is 10.0. The monoisotopic (exact) mass is 345 g/mol. The van der Waals surface area contributed by atoms with Gasteiger partial charge in [-0.3, -0.25) is 4.40 Å². The number of aromatic nitrogens is 2. The van der Waals surface area contributed by atoms with E-state index in [0.29, 0.717) is 10.9 Å². The third-order valence-electron chi connectivity index (χ3n) is 3.76. The molecule has 8 heteroatoms. The summed E-state index contributed by atoms with van der Waals surface area (Å²) in [6.45, 7) is 0. The van der Waals surface area contributed by atoms with Gasteiger partial charge in [0, 0.05) is 17.5 Å². The molecule has 0 amide bonds. The molecule has 1 N–H and O–H groups in total. The molecular weight excluding hydrogens is 330 g/mol. The lowest BCUT2D eigenvalue weighted by molar-refractivity contribution is 0.551. The van der Waals surface area contributed by atoms with Crippen LogP contribution in [0.1, 0.15) is 19.3 Å². The third-order valence-corrected chi connectivity index (χ3v) is 6.82. The van der Waals surface area contributed by atoms with E-state index in [1.807, 2.05) is 6.26 Å². The second-order valence-corrected chi connectivity index (χ2v) is 8.13. The van der Waals surface area contributed by atoms with Crippen LogP contribution in [0.4, 0.5) is 0 Å². The Kier molecular flexibility index (Phi) is 4.18. The number of hydrogen-bond acceptors (Lipinski definition) is 4.